The van der Waals surface area contributed by atoms with Gasteiger partial charge in [-0.15, -0.1) is 0 Å². The molecule has 0 fully saturated rings. The van der Waals surface area contributed by atoms with Crippen LogP contribution in [0.2, 0.25) is 5.02 Å². The number of hydrogen-bond donors (Lipinski definition) is 1. The third kappa shape index (κ3) is 3.08. The van der Waals surface area contributed by atoms with Gasteiger partial charge in [0.2, 0.25) is 0 Å². The molecule has 0 spiro atoms. The summed E-state index contributed by atoms with van der Waals surface area (Å²) in [5.74, 6) is -0.596. The summed E-state index contributed by atoms with van der Waals surface area (Å²) < 4.78 is 5.24. The minimum Gasteiger partial charge on any atom is -0.495 e. The van der Waals surface area contributed by atoms with Gasteiger partial charge in [0.1, 0.15) is 16.5 Å². The SMILES string of the molecule is COc1ccccc1NC1=C(Cl)C(=O)N(c2ccc(Cl)cc2C)C1=O. The highest BCUT2D eigenvalue weighted by Crippen LogP contribution is 2.34. The number of hydrogen-bond acceptors (Lipinski definition) is 4. The molecular formula is C18H14Cl2N2O3. The Morgan fingerprint density at radius 2 is 1.76 bits per heavy atom. The van der Waals surface area contributed by atoms with Crippen LogP contribution in [0.1, 0.15) is 5.56 Å². The molecule has 0 bridgehead atoms. The lowest BCUT2D eigenvalue weighted by Crippen LogP contribution is -2.32. The van der Waals surface area contributed by atoms with Gasteiger partial charge in [0, 0.05) is 5.02 Å². The van der Waals surface area contributed by atoms with Crippen molar-refractivity contribution in [3.05, 3.63) is 63.8 Å². The molecule has 2 aromatic rings. The van der Waals surface area contributed by atoms with E-state index in [0.29, 0.717) is 27.7 Å². The first-order valence-electron chi connectivity index (χ1n) is 7.38. The van der Waals surface area contributed by atoms with Crippen LogP contribution in [0.3, 0.4) is 0 Å². The Balaban J connectivity index is 1.97. The van der Waals surface area contributed by atoms with E-state index in [2.05, 4.69) is 5.32 Å². The van der Waals surface area contributed by atoms with E-state index < -0.39 is 11.8 Å². The van der Waals surface area contributed by atoms with Crippen molar-refractivity contribution in [2.45, 2.75) is 6.92 Å². The molecule has 1 N–H and O–H groups in total. The monoisotopic (exact) mass is 376 g/mol. The molecule has 0 aromatic heterocycles. The van der Waals surface area contributed by atoms with E-state index in [-0.39, 0.29) is 10.7 Å². The molecule has 0 radical (unpaired) electrons. The molecule has 0 atom stereocenters. The summed E-state index contributed by atoms with van der Waals surface area (Å²) in [6, 6.07) is 11.9. The predicted molar refractivity (Wildman–Crippen MR) is 98.2 cm³/mol. The number of amides is 2. The first kappa shape index (κ1) is 17.3. The summed E-state index contributed by atoms with van der Waals surface area (Å²) in [7, 11) is 1.52. The van der Waals surface area contributed by atoms with Crippen LogP contribution in [0.15, 0.2) is 53.2 Å². The minimum atomic E-state index is -0.588. The largest absolute Gasteiger partial charge is 0.495 e. The third-order valence-corrected chi connectivity index (χ3v) is 4.38. The number of carbonyl (C=O) groups excluding carboxylic acids is 2. The van der Waals surface area contributed by atoms with E-state index in [9.17, 15) is 9.59 Å². The second kappa shape index (κ2) is 6.78. The van der Waals surface area contributed by atoms with Gasteiger partial charge in [-0.2, -0.15) is 0 Å². The molecule has 128 valence electrons. The molecule has 0 aliphatic carbocycles. The van der Waals surface area contributed by atoms with E-state index in [1.54, 1.807) is 49.4 Å². The Morgan fingerprint density at radius 1 is 1.04 bits per heavy atom. The van der Waals surface area contributed by atoms with E-state index in [0.717, 1.165) is 4.90 Å². The van der Waals surface area contributed by atoms with Gasteiger partial charge in [-0.25, -0.2) is 4.90 Å². The summed E-state index contributed by atoms with van der Waals surface area (Å²) in [6.07, 6.45) is 0. The van der Waals surface area contributed by atoms with Crippen molar-refractivity contribution >= 4 is 46.4 Å². The van der Waals surface area contributed by atoms with Crippen LogP contribution < -0.4 is 15.0 Å². The second-order valence-corrected chi connectivity index (χ2v) is 6.21. The Hall–Kier alpha value is -2.50. The number of halogens is 2. The number of nitrogens with one attached hydrogen (secondary N) is 1. The fraction of sp³-hybridized carbons (Fsp3) is 0.111. The lowest BCUT2D eigenvalue weighted by molar-refractivity contribution is -0.120. The quantitative estimate of drug-likeness (QED) is 0.816. The van der Waals surface area contributed by atoms with Crippen LogP contribution in [0.5, 0.6) is 5.75 Å². The average molecular weight is 377 g/mol. The summed E-state index contributed by atoms with van der Waals surface area (Å²) in [6.45, 7) is 1.77. The lowest BCUT2D eigenvalue weighted by Gasteiger charge is -2.18. The number of para-hydroxylation sites is 2. The maximum atomic E-state index is 12.8. The van der Waals surface area contributed by atoms with Gasteiger partial charge in [0.15, 0.2) is 0 Å². The average Bonchev–Trinajstić information content (AvgIpc) is 2.80. The van der Waals surface area contributed by atoms with Crippen LogP contribution in [-0.4, -0.2) is 18.9 Å². The molecule has 0 saturated carbocycles. The van der Waals surface area contributed by atoms with Gasteiger partial charge in [0.25, 0.3) is 11.8 Å². The molecule has 2 amide bonds. The standard InChI is InChI=1S/C18H14Cl2N2O3/c1-10-9-11(19)7-8-13(10)22-17(23)15(20)16(18(22)24)21-12-5-3-4-6-14(12)25-2/h3-9,21H,1-2H3. The van der Waals surface area contributed by atoms with Crippen molar-refractivity contribution < 1.29 is 14.3 Å². The van der Waals surface area contributed by atoms with Gasteiger partial charge in [0.05, 0.1) is 18.5 Å². The summed E-state index contributed by atoms with van der Waals surface area (Å²) in [5, 5.41) is 3.25. The van der Waals surface area contributed by atoms with Crippen molar-refractivity contribution in [3.63, 3.8) is 0 Å². The van der Waals surface area contributed by atoms with Crippen LogP contribution in [0.4, 0.5) is 11.4 Å². The number of nitrogens with zero attached hydrogens (tertiary/aromatic N) is 1. The van der Waals surface area contributed by atoms with Gasteiger partial charge in [-0.1, -0.05) is 35.3 Å². The zero-order valence-corrected chi connectivity index (χ0v) is 15.0. The second-order valence-electron chi connectivity index (χ2n) is 5.39. The molecule has 1 aliphatic heterocycles. The van der Waals surface area contributed by atoms with Gasteiger partial charge in [-0.05, 0) is 42.8 Å². The number of ether oxygens (including phenoxy) is 1. The van der Waals surface area contributed by atoms with E-state index >= 15 is 0 Å². The van der Waals surface area contributed by atoms with E-state index in [1.807, 2.05) is 0 Å². The van der Waals surface area contributed by atoms with Crippen molar-refractivity contribution in [3.8, 4) is 5.75 Å². The fourth-order valence-electron chi connectivity index (χ4n) is 2.58. The van der Waals surface area contributed by atoms with E-state index in [4.69, 9.17) is 27.9 Å². The molecule has 7 heteroatoms. The highest BCUT2D eigenvalue weighted by atomic mass is 35.5. The summed E-state index contributed by atoms with van der Waals surface area (Å²) >= 11 is 12.1. The number of aryl methyl sites for hydroxylation is 1. The van der Waals surface area contributed by atoms with Crippen molar-refractivity contribution in [2.24, 2.45) is 0 Å². The van der Waals surface area contributed by atoms with Gasteiger partial charge in [-0.3, -0.25) is 9.59 Å². The minimum absolute atomic E-state index is 0.00511. The number of benzene rings is 2. The normalized spacial score (nSPS) is 14.3. The smallest absolute Gasteiger partial charge is 0.283 e. The Labute approximate surface area is 154 Å². The zero-order chi connectivity index (χ0) is 18.1. The third-order valence-electron chi connectivity index (χ3n) is 3.79. The van der Waals surface area contributed by atoms with Crippen molar-refractivity contribution in [1.29, 1.82) is 0 Å². The first-order valence-corrected chi connectivity index (χ1v) is 8.14. The summed E-state index contributed by atoms with van der Waals surface area (Å²) in [4.78, 5) is 26.3. The fourth-order valence-corrected chi connectivity index (χ4v) is 3.02. The van der Waals surface area contributed by atoms with Crippen LogP contribution >= 0.6 is 23.2 Å². The molecular weight excluding hydrogens is 363 g/mol. The highest BCUT2D eigenvalue weighted by Gasteiger charge is 2.39. The van der Waals surface area contributed by atoms with Gasteiger partial charge < -0.3 is 10.1 Å². The molecule has 0 unspecified atom stereocenters. The van der Waals surface area contributed by atoms with Crippen molar-refractivity contribution in [2.75, 3.05) is 17.3 Å². The number of methoxy groups -OCH3 is 1. The van der Waals surface area contributed by atoms with Crippen LogP contribution in [0.25, 0.3) is 0 Å². The molecule has 2 aromatic carbocycles. The summed E-state index contributed by atoms with van der Waals surface area (Å²) in [5.41, 5.74) is 1.67. The number of carbonyl (C=O) groups is 2. The Morgan fingerprint density at radius 3 is 2.44 bits per heavy atom. The molecule has 3 rings (SSSR count). The molecule has 25 heavy (non-hydrogen) atoms. The first-order chi connectivity index (χ1) is 11.9. The molecule has 1 aliphatic rings. The number of anilines is 2. The Bertz CT molecular complexity index is 909. The zero-order valence-electron chi connectivity index (χ0n) is 13.5. The van der Waals surface area contributed by atoms with E-state index in [1.165, 1.54) is 7.11 Å². The molecule has 0 saturated heterocycles. The van der Waals surface area contributed by atoms with Crippen LogP contribution in [0, 0.1) is 6.92 Å². The molecule has 5 nitrogen and oxygen atoms in total. The Kier molecular flexibility index (Phi) is 4.70. The number of imide groups is 1. The topological polar surface area (TPSA) is 58.6 Å². The van der Waals surface area contributed by atoms with Gasteiger partial charge >= 0.3 is 0 Å². The maximum Gasteiger partial charge on any atom is 0.283 e. The lowest BCUT2D eigenvalue weighted by atomic mass is 10.2. The maximum absolute atomic E-state index is 12.8. The molecule has 1 heterocycles. The predicted octanol–water partition coefficient (Wildman–Crippen LogP) is 4.09. The number of rotatable bonds is 4. The van der Waals surface area contributed by atoms with Crippen molar-refractivity contribution in [1.82, 2.24) is 0 Å². The highest BCUT2D eigenvalue weighted by molar-refractivity contribution is 6.53. The van der Waals surface area contributed by atoms with Crippen LogP contribution in [-0.2, 0) is 9.59 Å².